The zero-order valence-corrected chi connectivity index (χ0v) is 15.4. The number of halogens is 8. The van der Waals surface area contributed by atoms with Crippen LogP contribution in [0.25, 0.3) is 10.8 Å². The molecule has 2 aromatic carbocycles. The molecule has 0 amide bonds. The van der Waals surface area contributed by atoms with Crippen molar-refractivity contribution in [2.75, 3.05) is 0 Å². The van der Waals surface area contributed by atoms with Gasteiger partial charge in [-0.25, -0.2) is 0 Å². The van der Waals surface area contributed by atoms with Crippen molar-refractivity contribution in [1.29, 1.82) is 0 Å². The Kier molecular flexibility index (Phi) is 55.0. The van der Waals surface area contributed by atoms with Crippen LogP contribution in [0, 0.1) is 0 Å². The summed E-state index contributed by atoms with van der Waals surface area (Å²) in [6.45, 7) is 0. The molecule has 0 aromatic heterocycles. The van der Waals surface area contributed by atoms with Crippen LogP contribution in [0.4, 0.5) is 0 Å². The Bertz CT molecular complexity index is 289. The monoisotopic (exact) mass is 416 g/mol. The number of fused-ring (bicyclic) bond motifs is 1. The van der Waals surface area contributed by atoms with Crippen LogP contribution in [0.1, 0.15) is 0 Å². The van der Waals surface area contributed by atoms with E-state index >= 15 is 0 Å². The third-order valence-electron chi connectivity index (χ3n) is 1.66. The molecule has 18 heavy (non-hydrogen) atoms. The predicted molar refractivity (Wildman–Crippen MR) is 102 cm³/mol. The summed E-state index contributed by atoms with van der Waals surface area (Å²) in [5, 5.41) is 2.62. The summed E-state index contributed by atoms with van der Waals surface area (Å²) >= 11 is 0. The minimum absolute atomic E-state index is 0. The first-order chi connectivity index (χ1) is 4.97. The quantitative estimate of drug-likeness (QED) is 0.476. The van der Waals surface area contributed by atoms with Crippen molar-refractivity contribution in [3.05, 3.63) is 48.5 Å². The van der Waals surface area contributed by atoms with Gasteiger partial charge in [0.05, 0.1) is 0 Å². The molecule has 0 unspecified atom stereocenters. The summed E-state index contributed by atoms with van der Waals surface area (Å²) in [4.78, 5) is 0. The first-order valence-electron chi connectivity index (χ1n) is 3.40. The van der Waals surface area contributed by atoms with E-state index in [4.69, 9.17) is 0 Å². The molecule has 0 nitrogen and oxygen atoms in total. The van der Waals surface area contributed by atoms with Gasteiger partial charge in [0.2, 0.25) is 0 Å². The van der Waals surface area contributed by atoms with E-state index < -0.39 is 0 Å². The molecule has 0 saturated carbocycles. The van der Waals surface area contributed by atoms with E-state index in [0.717, 1.165) is 0 Å². The van der Waals surface area contributed by atoms with Gasteiger partial charge in [-0.15, -0.1) is 99.3 Å². The van der Waals surface area contributed by atoms with Crippen molar-refractivity contribution in [3.8, 4) is 0 Å². The SMILES string of the molecule is Cl.Cl.Cl.Cl.Cl.Cl.Cl.Cl.c1ccc2ccccc2c1. The maximum atomic E-state index is 2.12. The van der Waals surface area contributed by atoms with Gasteiger partial charge in [-0.2, -0.15) is 0 Å². The van der Waals surface area contributed by atoms with Gasteiger partial charge in [0.1, 0.15) is 0 Å². The van der Waals surface area contributed by atoms with Gasteiger partial charge < -0.3 is 0 Å². The van der Waals surface area contributed by atoms with E-state index in [9.17, 15) is 0 Å². The summed E-state index contributed by atoms with van der Waals surface area (Å²) in [7, 11) is 0. The largest absolute Gasteiger partial charge is 0.147 e. The molecule has 0 spiro atoms. The van der Waals surface area contributed by atoms with E-state index in [-0.39, 0.29) is 99.3 Å². The third kappa shape index (κ3) is 12.1. The summed E-state index contributed by atoms with van der Waals surface area (Å²) in [5.41, 5.74) is 0. The number of benzene rings is 2. The van der Waals surface area contributed by atoms with E-state index in [1.807, 2.05) is 0 Å². The minimum Gasteiger partial charge on any atom is -0.147 e. The normalized spacial score (nSPS) is 5.56. The van der Waals surface area contributed by atoms with Gasteiger partial charge in [0, 0.05) is 0 Å². The second-order valence-electron chi connectivity index (χ2n) is 2.35. The van der Waals surface area contributed by atoms with Crippen molar-refractivity contribution in [3.63, 3.8) is 0 Å². The average molecular weight is 420 g/mol. The second kappa shape index (κ2) is 23.1. The fraction of sp³-hybridized carbons (Fsp3) is 0. The van der Waals surface area contributed by atoms with Crippen LogP contribution < -0.4 is 0 Å². The van der Waals surface area contributed by atoms with Gasteiger partial charge >= 0.3 is 0 Å². The fourth-order valence-electron chi connectivity index (χ4n) is 1.13. The molecule has 0 aliphatic rings. The van der Waals surface area contributed by atoms with Gasteiger partial charge in [-0.05, 0) is 10.8 Å². The van der Waals surface area contributed by atoms with Crippen molar-refractivity contribution in [2.24, 2.45) is 0 Å². The lowest BCUT2D eigenvalue weighted by Crippen LogP contribution is -1.67. The zero-order valence-electron chi connectivity index (χ0n) is 8.88. The topological polar surface area (TPSA) is 0 Å². The summed E-state index contributed by atoms with van der Waals surface area (Å²) in [6, 6.07) is 16.7. The Morgan fingerprint density at radius 3 is 0.667 bits per heavy atom. The highest BCUT2D eigenvalue weighted by atomic mass is 35.5. The van der Waals surface area contributed by atoms with E-state index in [1.165, 1.54) is 10.8 Å². The predicted octanol–water partition coefficient (Wildman–Crippen LogP) is 6.21. The molecule has 0 saturated heterocycles. The summed E-state index contributed by atoms with van der Waals surface area (Å²) in [6.07, 6.45) is 0. The molecule has 2 rings (SSSR count). The summed E-state index contributed by atoms with van der Waals surface area (Å²) in [5.74, 6) is 0. The maximum Gasteiger partial charge on any atom is -0.0184 e. The molecule has 0 bridgehead atoms. The molecule has 0 atom stereocenters. The van der Waals surface area contributed by atoms with Crippen molar-refractivity contribution in [1.82, 2.24) is 0 Å². The Balaban J connectivity index is -0.0000000302. The fourth-order valence-corrected chi connectivity index (χ4v) is 1.13. The van der Waals surface area contributed by atoms with Crippen LogP contribution in [-0.4, -0.2) is 0 Å². The highest BCUT2D eigenvalue weighted by molar-refractivity contribution is 5.86. The van der Waals surface area contributed by atoms with Gasteiger partial charge in [-0.3, -0.25) is 0 Å². The van der Waals surface area contributed by atoms with Gasteiger partial charge in [0.15, 0.2) is 0 Å². The molecule has 0 aliphatic heterocycles. The van der Waals surface area contributed by atoms with Gasteiger partial charge in [0.25, 0.3) is 0 Å². The van der Waals surface area contributed by atoms with Crippen molar-refractivity contribution in [2.45, 2.75) is 0 Å². The zero-order chi connectivity index (χ0) is 6.81. The van der Waals surface area contributed by atoms with Crippen LogP contribution in [0.15, 0.2) is 48.5 Å². The second-order valence-corrected chi connectivity index (χ2v) is 2.35. The van der Waals surface area contributed by atoms with E-state index in [2.05, 4.69) is 48.5 Å². The Morgan fingerprint density at radius 2 is 0.500 bits per heavy atom. The van der Waals surface area contributed by atoms with Crippen molar-refractivity contribution >= 4 is 110 Å². The van der Waals surface area contributed by atoms with Crippen LogP contribution in [0.5, 0.6) is 0 Å². The lowest BCUT2D eigenvalue weighted by Gasteiger charge is -1.92. The number of hydrogen-bond acceptors (Lipinski definition) is 0. The molecule has 0 radical (unpaired) electrons. The summed E-state index contributed by atoms with van der Waals surface area (Å²) < 4.78 is 0. The lowest BCUT2D eigenvalue weighted by atomic mass is 10.1. The minimum atomic E-state index is 0. The van der Waals surface area contributed by atoms with Crippen LogP contribution >= 0.6 is 99.3 Å². The molecule has 112 valence electrons. The van der Waals surface area contributed by atoms with Gasteiger partial charge in [-0.1, -0.05) is 48.5 Å². The number of rotatable bonds is 0. The van der Waals surface area contributed by atoms with Crippen LogP contribution in [0.2, 0.25) is 0 Å². The molecule has 2 aromatic rings. The highest BCUT2D eigenvalue weighted by Gasteiger charge is 1.85. The lowest BCUT2D eigenvalue weighted by molar-refractivity contribution is 1.75. The first kappa shape index (κ1) is 42.7. The molecule has 0 aliphatic carbocycles. The van der Waals surface area contributed by atoms with Crippen LogP contribution in [0.3, 0.4) is 0 Å². The molecule has 0 fully saturated rings. The Hall–Kier alpha value is 1.02. The smallest absolute Gasteiger partial charge is 0.0184 e. The molecule has 8 heteroatoms. The number of hydrogen-bond donors (Lipinski definition) is 0. The maximum absolute atomic E-state index is 2.12. The van der Waals surface area contributed by atoms with Crippen molar-refractivity contribution < 1.29 is 0 Å². The Morgan fingerprint density at radius 1 is 0.333 bits per heavy atom. The Labute approximate surface area is 157 Å². The van der Waals surface area contributed by atoms with E-state index in [0.29, 0.717) is 0 Å². The first-order valence-corrected chi connectivity index (χ1v) is 3.40. The standard InChI is InChI=1S/C10H8.8ClH/c1-2-6-10-8-4-3-7-9(10)5-1;;;;;;;;/h1-8H;8*1H. The third-order valence-corrected chi connectivity index (χ3v) is 1.66. The molecule has 0 heterocycles. The average Bonchev–Trinajstić information content (AvgIpc) is 2.05. The highest BCUT2D eigenvalue weighted by Crippen LogP contribution is 2.11. The molecule has 0 N–H and O–H groups in total. The van der Waals surface area contributed by atoms with E-state index in [1.54, 1.807) is 0 Å². The molecular weight excluding hydrogens is 404 g/mol. The van der Waals surface area contributed by atoms with Crippen LogP contribution in [-0.2, 0) is 0 Å². The molecular formula is C10H16Cl8.